The zero-order chi connectivity index (χ0) is 27.0. The van der Waals surface area contributed by atoms with E-state index in [4.69, 9.17) is 9.72 Å². The molecule has 0 aliphatic rings. The lowest BCUT2D eigenvalue weighted by atomic mass is 9.72. The third-order valence-electron chi connectivity index (χ3n) is 7.54. The maximum Gasteiger partial charge on any atom is 0.217 e. The second-order valence-electron chi connectivity index (χ2n) is 10.2. The molecule has 4 aromatic rings. The van der Waals surface area contributed by atoms with E-state index in [1.54, 1.807) is 7.11 Å². The summed E-state index contributed by atoms with van der Waals surface area (Å²) in [5.74, 6) is 0.126. The molecule has 0 bridgehead atoms. The standard InChI is InChI=1S/C33H38BrN2O2/c1-4-36(2)22-12-11-20-33(37,21-19-25-13-7-5-8-14-25)31(26-15-9-6-10-16-26)29-24-27-23-28(34)17-18-30(27)35-32(29)38-3/h5-10,13-18,23-24,31H,4,11-12,19-22H2,1-3H3/q-1. The Balaban J connectivity index is 1.80. The van der Waals surface area contributed by atoms with Crippen molar-refractivity contribution in [3.8, 4) is 5.88 Å². The molecule has 0 aliphatic carbocycles. The van der Waals surface area contributed by atoms with Gasteiger partial charge in [-0.05, 0) is 68.4 Å². The minimum atomic E-state index is -1.24. The molecule has 4 rings (SSSR count). The molecule has 2 atom stereocenters. The van der Waals surface area contributed by atoms with Crippen molar-refractivity contribution in [3.63, 3.8) is 0 Å². The normalized spacial score (nSPS) is 13.9. The first-order valence-electron chi connectivity index (χ1n) is 13.6. The predicted octanol–water partition coefficient (Wildman–Crippen LogP) is 6.99. The zero-order valence-electron chi connectivity index (χ0n) is 22.7. The number of benzene rings is 3. The van der Waals surface area contributed by atoms with E-state index in [-0.39, 0.29) is 0 Å². The van der Waals surface area contributed by atoms with E-state index >= 15 is 5.11 Å². The summed E-state index contributed by atoms with van der Waals surface area (Å²) in [5, 5.41) is 16.2. The van der Waals surface area contributed by atoms with E-state index in [0.29, 0.717) is 18.7 Å². The van der Waals surface area contributed by atoms with Gasteiger partial charge < -0.3 is 14.7 Å². The van der Waals surface area contributed by atoms with Crippen molar-refractivity contribution in [2.75, 3.05) is 27.2 Å². The van der Waals surface area contributed by atoms with Gasteiger partial charge in [0.05, 0.1) is 12.6 Å². The number of rotatable bonds is 13. The van der Waals surface area contributed by atoms with Crippen molar-refractivity contribution in [3.05, 3.63) is 106 Å². The van der Waals surface area contributed by atoms with Crippen molar-refractivity contribution in [2.45, 2.75) is 50.5 Å². The molecule has 0 saturated heterocycles. The van der Waals surface area contributed by atoms with Gasteiger partial charge in [-0.25, -0.2) is 4.98 Å². The number of pyridine rings is 1. The Morgan fingerprint density at radius 3 is 2.34 bits per heavy atom. The number of aromatic nitrogens is 1. The molecule has 2 unspecified atom stereocenters. The number of methoxy groups -OCH3 is 1. The molecule has 1 aromatic heterocycles. The van der Waals surface area contributed by atoms with Crippen LogP contribution in [0.4, 0.5) is 0 Å². The zero-order valence-corrected chi connectivity index (χ0v) is 24.3. The van der Waals surface area contributed by atoms with E-state index in [0.717, 1.165) is 58.9 Å². The Labute approximate surface area is 235 Å². The molecular formula is C33H38BrN2O2-. The first kappa shape index (κ1) is 28.3. The van der Waals surface area contributed by atoms with Crippen LogP contribution in [0.3, 0.4) is 0 Å². The van der Waals surface area contributed by atoms with Gasteiger partial charge in [-0.1, -0.05) is 103 Å². The van der Waals surface area contributed by atoms with E-state index in [1.165, 1.54) is 5.56 Å². The summed E-state index contributed by atoms with van der Waals surface area (Å²) in [4.78, 5) is 7.16. The van der Waals surface area contributed by atoms with Gasteiger partial charge in [-0.2, -0.15) is 0 Å². The van der Waals surface area contributed by atoms with Gasteiger partial charge in [0.2, 0.25) is 5.88 Å². The van der Waals surface area contributed by atoms with Gasteiger partial charge in [0.25, 0.3) is 0 Å². The average Bonchev–Trinajstić information content (AvgIpc) is 2.95. The highest BCUT2D eigenvalue weighted by Gasteiger charge is 2.33. The molecule has 0 aliphatic heterocycles. The average molecular weight is 575 g/mol. The summed E-state index contributed by atoms with van der Waals surface area (Å²) < 4.78 is 6.83. The number of fused-ring (bicyclic) bond motifs is 1. The molecule has 0 amide bonds. The maximum atomic E-state index is 15.3. The largest absolute Gasteiger partial charge is 0.849 e. The van der Waals surface area contributed by atoms with Gasteiger partial charge in [0.1, 0.15) is 0 Å². The number of unbranched alkanes of at least 4 members (excludes halogenated alkanes) is 1. The van der Waals surface area contributed by atoms with E-state index in [1.807, 2.05) is 48.5 Å². The summed E-state index contributed by atoms with van der Waals surface area (Å²) in [6.07, 6.45) is 3.72. The lowest BCUT2D eigenvalue weighted by Crippen LogP contribution is -2.50. The molecule has 0 spiro atoms. The number of halogens is 1. The molecule has 4 nitrogen and oxygen atoms in total. The van der Waals surface area contributed by atoms with Crippen LogP contribution in [0, 0.1) is 0 Å². The van der Waals surface area contributed by atoms with Crippen LogP contribution in [-0.2, 0) is 6.42 Å². The van der Waals surface area contributed by atoms with Crippen LogP contribution in [0.5, 0.6) is 5.88 Å². The first-order valence-corrected chi connectivity index (χ1v) is 14.3. The summed E-state index contributed by atoms with van der Waals surface area (Å²) in [6.45, 7) is 4.18. The van der Waals surface area contributed by atoms with Gasteiger partial charge in [-0.3, -0.25) is 0 Å². The van der Waals surface area contributed by atoms with Gasteiger partial charge >= 0.3 is 0 Å². The molecule has 0 N–H and O–H groups in total. The van der Waals surface area contributed by atoms with Crippen LogP contribution >= 0.6 is 15.9 Å². The highest BCUT2D eigenvalue weighted by atomic mass is 79.9. The Morgan fingerprint density at radius 2 is 1.66 bits per heavy atom. The van der Waals surface area contributed by atoms with Crippen LogP contribution < -0.4 is 9.84 Å². The molecule has 200 valence electrons. The summed E-state index contributed by atoms with van der Waals surface area (Å²) in [7, 11) is 3.78. The molecule has 5 heteroatoms. The van der Waals surface area contributed by atoms with Crippen LogP contribution in [0.1, 0.15) is 55.2 Å². The van der Waals surface area contributed by atoms with Crippen molar-refractivity contribution in [1.29, 1.82) is 0 Å². The Morgan fingerprint density at radius 1 is 0.947 bits per heavy atom. The highest BCUT2D eigenvalue weighted by molar-refractivity contribution is 9.10. The van der Waals surface area contributed by atoms with Gasteiger partial charge in [-0.15, -0.1) is 5.60 Å². The maximum absolute atomic E-state index is 15.3. The second-order valence-corrected chi connectivity index (χ2v) is 11.1. The quantitative estimate of drug-likeness (QED) is 0.162. The summed E-state index contributed by atoms with van der Waals surface area (Å²) >= 11 is 3.60. The van der Waals surface area contributed by atoms with Crippen LogP contribution in [0.25, 0.3) is 10.9 Å². The van der Waals surface area contributed by atoms with Crippen LogP contribution in [-0.4, -0.2) is 42.7 Å². The topological polar surface area (TPSA) is 48.4 Å². The molecule has 0 fully saturated rings. The monoisotopic (exact) mass is 573 g/mol. The molecule has 0 saturated carbocycles. The number of nitrogens with zero attached hydrogens (tertiary/aromatic N) is 2. The summed E-state index contributed by atoms with van der Waals surface area (Å²) in [5.41, 5.74) is 2.67. The Bertz CT molecular complexity index is 1300. The van der Waals surface area contributed by atoms with Crippen molar-refractivity contribution >= 4 is 26.8 Å². The van der Waals surface area contributed by atoms with E-state index in [2.05, 4.69) is 71.2 Å². The minimum Gasteiger partial charge on any atom is -0.849 e. The number of hydrogen-bond acceptors (Lipinski definition) is 4. The smallest absolute Gasteiger partial charge is 0.217 e. The lowest BCUT2D eigenvalue weighted by Gasteiger charge is -2.49. The molecular weight excluding hydrogens is 536 g/mol. The van der Waals surface area contributed by atoms with Crippen LogP contribution in [0.2, 0.25) is 0 Å². The second kappa shape index (κ2) is 13.4. The van der Waals surface area contributed by atoms with Crippen LogP contribution in [0.15, 0.2) is 89.4 Å². The van der Waals surface area contributed by atoms with Gasteiger partial charge in [0.15, 0.2) is 0 Å². The third kappa shape index (κ3) is 7.02. The molecule has 38 heavy (non-hydrogen) atoms. The molecule has 1 heterocycles. The third-order valence-corrected chi connectivity index (χ3v) is 8.04. The Kier molecular flexibility index (Phi) is 9.95. The fraction of sp³-hybridized carbons (Fsp3) is 0.364. The first-order chi connectivity index (χ1) is 18.4. The SMILES string of the molecule is CCN(C)CCCCC([O-])(CCc1ccccc1)C(c1ccccc1)c1cc2cc(Br)ccc2nc1OC. The van der Waals surface area contributed by atoms with Crippen molar-refractivity contribution in [2.24, 2.45) is 0 Å². The minimum absolute atomic E-state index is 0.401. The van der Waals surface area contributed by atoms with Gasteiger partial charge in [0, 0.05) is 21.3 Å². The number of ether oxygens (including phenoxy) is 1. The Hall–Kier alpha value is -2.73. The molecule has 0 radical (unpaired) electrons. The van der Waals surface area contributed by atoms with E-state index < -0.39 is 11.5 Å². The van der Waals surface area contributed by atoms with Crippen molar-refractivity contribution < 1.29 is 9.84 Å². The fourth-order valence-corrected chi connectivity index (χ4v) is 5.69. The number of aryl methyl sites for hydroxylation is 1. The number of hydrogen-bond donors (Lipinski definition) is 0. The summed E-state index contributed by atoms with van der Waals surface area (Å²) in [6, 6.07) is 28.7. The van der Waals surface area contributed by atoms with E-state index in [9.17, 15) is 0 Å². The predicted molar refractivity (Wildman–Crippen MR) is 159 cm³/mol. The fourth-order valence-electron chi connectivity index (χ4n) is 5.31. The molecule has 3 aromatic carbocycles. The van der Waals surface area contributed by atoms with Crippen molar-refractivity contribution in [1.82, 2.24) is 9.88 Å². The lowest BCUT2D eigenvalue weighted by molar-refractivity contribution is -0.486. The highest BCUT2D eigenvalue weighted by Crippen LogP contribution is 2.43.